The van der Waals surface area contributed by atoms with Crippen molar-refractivity contribution < 1.29 is 4.39 Å². The van der Waals surface area contributed by atoms with E-state index in [1.165, 1.54) is 32.1 Å². The first-order chi connectivity index (χ1) is 8.75. The fraction of sp³-hybridized carbons (Fsp3) is 0.786. The number of aromatic nitrogens is 2. The summed E-state index contributed by atoms with van der Waals surface area (Å²) in [6.45, 7) is 1.27. The van der Waals surface area contributed by atoms with Crippen molar-refractivity contribution in [3.05, 3.63) is 18.0 Å². The second kappa shape index (κ2) is 5.00. The van der Waals surface area contributed by atoms with Crippen molar-refractivity contribution in [1.29, 1.82) is 0 Å². The fourth-order valence-corrected chi connectivity index (χ4v) is 3.21. The molecule has 1 unspecified atom stereocenters. The van der Waals surface area contributed by atoms with Gasteiger partial charge in [-0.2, -0.15) is 5.10 Å². The summed E-state index contributed by atoms with van der Waals surface area (Å²) < 4.78 is 16.4. The molecule has 1 aromatic heterocycles. The molecule has 0 spiro atoms. The van der Waals surface area contributed by atoms with Gasteiger partial charge in [0.05, 0.1) is 11.7 Å². The molecule has 1 aliphatic heterocycles. The van der Waals surface area contributed by atoms with E-state index in [9.17, 15) is 4.39 Å². The highest BCUT2D eigenvalue weighted by Gasteiger charge is 2.34. The van der Waals surface area contributed by atoms with Crippen LogP contribution in [0.2, 0.25) is 0 Å². The Bertz CT molecular complexity index is 389. The van der Waals surface area contributed by atoms with E-state index in [0.29, 0.717) is 25.4 Å². The summed E-state index contributed by atoms with van der Waals surface area (Å²) in [4.78, 5) is 0. The Labute approximate surface area is 108 Å². The first kappa shape index (κ1) is 12.2. The number of hydrogen-bond donors (Lipinski definition) is 1. The van der Waals surface area contributed by atoms with Gasteiger partial charge in [-0.15, -0.1) is 0 Å². The first-order valence-electron chi connectivity index (χ1n) is 7.19. The van der Waals surface area contributed by atoms with Gasteiger partial charge in [0.25, 0.3) is 0 Å². The number of halogens is 1. The zero-order valence-electron chi connectivity index (χ0n) is 10.9. The van der Waals surface area contributed by atoms with Crippen LogP contribution < -0.4 is 5.32 Å². The van der Waals surface area contributed by atoms with Crippen molar-refractivity contribution in [2.45, 2.75) is 56.7 Å². The SMILES string of the molecule is FC1(Cc2ccn(C3CCCCC3)n2)CCNC1. The molecule has 0 radical (unpaired) electrons. The molecule has 0 bridgehead atoms. The molecule has 18 heavy (non-hydrogen) atoms. The highest BCUT2D eigenvalue weighted by atomic mass is 19.1. The number of rotatable bonds is 3. The molecule has 2 fully saturated rings. The zero-order chi connectivity index (χ0) is 12.4. The lowest BCUT2D eigenvalue weighted by atomic mass is 9.96. The Morgan fingerprint density at radius 3 is 2.94 bits per heavy atom. The maximum Gasteiger partial charge on any atom is 0.130 e. The van der Waals surface area contributed by atoms with E-state index >= 15 is 0 Å². The summed E-state index contributed by atoms with van der Waals surface area (Å²) >= 11 is 0. The smallest absolute Gasteiger partial charge is 0.130 e. The molecular weight excluding hydrogens is 229 g/mol. The Kier molecular flexibility index (Phi) is 3.37. The van der Waals surface area contributed by atoms with Crippen LogP contribution in [0.4, 0.5) is 4.39 Å². The summed E-state index contributed by atoms with van der Waals surface area (Å²) in [6, 6.07) is 2.54. The van der Waals surface area contributed by atoms with Crippen LogP contribution in [-0.4, -0.2) is 28.5 Å². The van der Waals surface area contributed by atoms with E-state index in [1.54, 1.807) is 0 Å². The molecule has 1 N–H and O–H groups in total. The van der Waals surface area contributed by atoms with E-state index in [2.05, 4.69) is 15.1 Å². The van der Waals surface area contributed by atoms with Gasteiger partial charge in [-0.05, 0) is 31.9 Å². The van der Waals surface area contributed by atoms with Gasteiger partial charge in [0, 0.05) is 19.2 Å². The molecule has 1 saturated heterocycles. The van der Waals surface area contributed by atoms with Gasteiger partial charge >= 0.3 is 0 Å². The summed E-state index contributed by atoms with van der Waals surface area (Å²) in [7, 11) is 0. The zero-order valence-corrected chi connectivity index (χ0v) is 10.9. The van der Waals surface area contributed by atoms with Crippen LogP contribution >= 0.6 is 0 Å². The van der Waals surface area contributed by atoms with Gasteiger partial charge in [-0.3, -0.25) is 4.68 Å². The second-order valence-corrected chi connectivity index (χ2v) is 5.83. The van der Waals surface area contributed by atoms with Crippen molar-refractivity contribution >= 4 is 0 Å². The van der Waals surface area contributed by atoms with Gasteiger partial charge in [-0.1, -0.05) is 19.3 Å². The predicted molar refractivity (Wildman–Crippen MR) is 69.4 cm³/mol. The van der Waals surface area contributed by atoms with Gasteiger partial charge in [0.15, 0.2) is 0 Å². The average molecular weight is 251 g/mol. The summed E-state index contributed by atoms with van der Waals surface area (Å²) in [5, 5.41) is 7.69. The maximum atomic E-state index is 14.3. The van der Waals surface area contributed by atoms with Crippen LogP contribution in [0.25, 0.3) is 0 Å². The van der Waals surface area contributed by atoms with E-state index in [1.807, 2.05) is 12.3 Å². The van der Waals surface area contributed by atoms with Crippen molar-refractivity contribution in [2.24, 2.45) is 0 Å². The Hall–Kier alpha value is -0.900. The average Bonchev–Trinajstić information content (AvgIpc) is 3.00. The van der Waals surface area contributed by atoms with Crippen LogP contribution in [0.5, 0.6) is 0 Å². The van der Waals surface area contributed by atoms with Crippen LogP contribution in [0.15, 0.2) is 12.3 Å². The number of nitrogens with zero attached hydrogens (tertiary/aromatic N) is 2. The van der Waals surface area contributed by atoms with Crippen LogP contribution in [0.3, 0.4) is 0 Å². The molecule has 2 aliphatic rings. The predicted octanol–water partition coefficient (Wildman–Crippen LogP) is 2.63. The van der Waals surface area contributed by atoms with Crippen molar-refractivity contribution in [2.75, 3.05) is 13.1 Å². The molecule has 1 aliphatic carbocycles. The summed E-state index contributed by atoms with van der Waals surface area (Å²) in [5.41, 5.74) is -0.169. The second-order valence-electron chi connectivity index (χ2n) is 5.83. The normalized spacial score (nSPS) is 29.8. The van der Waals surface area contributed by atoms with E-state index < -0.39 is 5.67 Å². The maximum absolute atomic E-state index is 14.3. The number of alkyl halides is 1. The molecule has 100 valence electrons. The minimum absolute atomic E-state index is 0.458. The molecule has 1 atom stereocenters. The quantitative estimate of drug-likeness (QED) is 0.895. The Balaban J connectivity index is 1.65. The fourth-order valence-electron chi connectivity index (χ4n) is 3.21. The van der Waals surface area contributed by atoms with Crippen molar-refractivity contribution in [1.82, 2.24) is 15.1 Å². The topological polar surface area (TPSA) is 29.9 Å². The Morgan fingerprint density at radius 2 is 2.22 bits per heavy atom. The molecule has 0 aromatic carbocycles. The van der Waals surface area contributed by atoms with E-state index in [4.69, 9.17) is 0 Å². The molecule has 4 heteroatoms. The third-order valence-corrected chi connectivity index (χ3v) is 4.30. The lowest BCUT2D eigenvalue weighted by Gasteiger charge is -2.22. The van der Waals surface area contributed by atoms with Crippen molar-refractivity contribution in [3.63, 3.8) is 0 Å². The molecule has 0 amide bonds. The van der Waals surface area contributed by atoms with Gasteiger partial charge in [0.2, 0.25) is 0 Å². The monoisotopic (exact) mass is 251 g/mol. The standard InChI is InChI=1S/C14H22FN3/c15-14(7-8-16-11-14)10-12-6-9-18(17-12)13-4-2-1-3-5-13/h6,9,13,16H,1-5,7-8,10-11H2. The number of hydrogen-bond acceptors (Lipinski definition) is 2. The summed E-state index contributed by atoms with van der Waals surface area (Å²) in [5.74, 6) is 0. The molecule has 2 heterocycles. The molecule has 1 saturated carbocycles. The van der Waals surface area contributed by atoms with Crippen molar-refractivity contribution in [3.8, 4) is 0 Å². The lowest BCUT2D eigenvalue weighted by Crippen LogP contribution is -2.29. The minimum Gasteiger partial charge on any atom is -0.313 e. The molecule has 3 nitrogen and oxygen atoms in total. The van der Waals surface area contributed by atoms with Crippen LogP contribution in [0, 0.1) is 0 Å². The third kappa shape index (κ3) is 2.58. The van der Waals surface area contributed by atoms with Crippen LogP contribution in [0.1, 0.15) is 50.3 Å². The summed E-state index contributed by atoms with van der Waals surface area (Å²) in [6.07, 6.45) is 9.52. The lowest BCUT2D eigenvalue weighted by molar-refractivity contribution is 0.188. The van der Waals surface area contributed by atoms with Gasteiger partial charge in [-0.25, -0.2) is 4.39 Å². The van der Waals surface area contributed by atoms with Gasteiger partial charge < -0.3 is 5.32 Å². The molecule has 3 rings (SSSR count). The van der Waals surface area contributed by atoms with E-state index in [-0.39, 0.29) is 0 Å². The largest absolute Gasteiger partial charge is 0.313 e. The van der Waals surface area contributed by atoms with Gasteiger partial charge in [0.1, 0.15) is 5.67 Å². The molecule has 1 aromatic rings. The first-order valence-corrected chi connectivity index (χ1v) is 7.19. The highest BCUT2D eigenvalue weighted by Crippen LogP contribution is 2.29. The molecular formula is C14H22FN3. The van der Waals surface area contributed by atoms with Crippen LogP contribution in [-0.2, 0) is 6.42 Å². The number of nitrogens with one attached hydrogen (secondary N) is 1. The minimum atomic E-state index is -1.08. The highest BCUT2D eigenvalue weighted by molar-refractivity contribution is 5.07. The Morgan fingerprint density at radius 1 is 1.39 bits per heavy atom. The van der Waals surface area contributed by atoms with E-state index in [0.717, 1.165) is 12.2 Å². The third-order valence-electron chi connectivity index (χ3n) is 4.30.